The number of halogens is 1. The van der Waals surface area contributed by atoms with E-state index in [1.807, 2.05) is 0 Å². The SMILES string of the molecule is O=c1cc(C2CC2)nc(-c2ncccc2Cl)[nH]1. The highest BCUT2D eigenvalue weighted by Crippen LogP contribution is 2.38. The van der Waals surface area contributed by atoms with Gasteiger partial charge in [-0.25, -0.2) is 4.98 Å². The molecule has 0 aliphatic heterocycles. The van der Waals surface area contributed by atoms with Gasteiger partial charge in [0.05, 0.1) is 10.7 Å². The first-order valence-corrected chi connectivity index (χ1v) is 5.84. The number of aromatic amines is 1. The van der Waals surface area contributed by atoms with Gasteiger partial charge >= 0.3 is 0 Å². The zero-order chi connectivity index (χ0) is 11.8. The van der Waals surface area contributed by atoms with Crippen LogP contribution in [0.4, 0.5) is 0 Å². The molecule has 0 spiro atoms. The second kappa shape index (κ2) is 3.96. The lowest BCUT2D eigenvalue weighted by Crippen LogP contribution is -2.10. The second-order valence-electron chi connectivity index (χ2n) is 4.13. The van der Waals surface area contributed by atoms with E-state index in [9.17, 15) is 4.79 Å². The molecule has 2 aromatic rings. The Bertz CT molecular complexity index is 619. The van der Waals surface area contributed by atoms with Gasteiger partial charge in [-0.05, 0) is 25.0 Å². The van der Waals surface area contributed by atoms with Crippen LogP contribution in [0.5, 0.6) is 0 Å². The van der Waals surface area contributed by atoms with Crippen LogP contribution in [-0.4, -0.2) is 15.0 Å². The molecule has 3 rings (SSSR count). The highest BCUT2D eigenvalue weighted by Gasteiger charge is 2.26. The van der Waals surface area contributed by atoms with Gasteiger partial charge in [-0.15, -0.1) is 0 Å². The topological polar surface area (TPSA) is 58.6 Å². The Labute approximate surface area is 103 Å². The minimum atomic E-state index is -0.154. The van der Waals surface area contributed by atoms with Crippen molar-refractivity contribution in [2.45, 2.75) is 18.8 Å². The first-order valence-electron chi connectivity index (χ1n) is 5.46. The molecule has 1 aliphatic rings. The standard InChI is InChI=1S/C12H10ClN3O/c13-8-2-1-5-14-11(8)12-15-9(7-3-4-7)6-10(17)16-12/h1-2,5-7H,3-4H2,(H,15,16,17). The molecule has 1 saturated carbocycles. The van der Waals surface area contributed by atoms with Crippen molar-refractivity contribution in [2.24, 2.45) is 0 Å². The molecule has 1 fully saturated rings. The maximum atomic E-state index is 11.6. The van der Waals surface area contributed by atoms with E-state index in [1.54, 1.807) is 24.4 Å². The molecular weight excluding hydrogens is 238 g/mol. The fraction of sp³-hybridized carbons (Fsp3) is 0.250. The largest absolute Gasteiger partial charge is 0.305 e. The van der Waals surface area contributed by atoms with Gasteiger partial charge in [0.15, 0.2) is 5.82 Å². The van der Waals surface area contributed by atoms with Gasteiger partial charge in [0.2, 0.25) is 0 Å². The van der Waals surface area contributed by atoms with Gasteiger partial charge < -0.3 is 4.98 Å². The van der Waals surface area contributed by atoms with Crippen molar-refractivity contribution in [3.05, 3.63) is 45.5 Å². The number of pyridine rings is 1. The van der Waals surface area contributed by atoms with Crippen LogP contribution in [0.15, 0.2) is 29.2 Å². The number of hydrogen-bond acceptors (Lipinski definition) is 3. The molecule has 86 valence electrons. The Morgan fingerprint density at radius 1 is 1.41 bits per heavy atom. The molecule has 5 heteroatoms. The number of nitrogens with one attached hydrogen (secondary N) is 1. The van der Waals surface area contributed by atoms with E-state index in [0.29, 0.717) is 22.5 Å². The maximum Gasteiger partial charge on any atom is 0.251 e. The van der Waals surface area contributed by atoms with Gasteiger partial charge in [0.1, 0.15) is 5.69 Å². The highest BCUT2D eigenvalue weighted by molar-refractivity contribution is 6.32. The fourth-order valence-electron chi connectivity index (χ4n) is 1.74. The molecule has 0 atom stereocenters. The molecule has 0 bridgehead atoms. The fourth-order valence-corrected chi connectivity index (χ4v) is 1.95. The van der Waals surface area contributed by atoms with Crippen LogP contribution in [0.25, 0.3) is 11.5 Å². The van der Waals surface area contributed by atoms with Crippen LogP contribution in [0.2, 0.25) is 5.02 Å². The predicted molar refractivity (Wildman–Crippen MR) is 65.1 cm³/mol. The molecule has 0 aromatic carbocycles. The molecule has 1 aliphatic carbocycles. The number of hydrogen-bond donors (Lipinski definition) is 1. The van der Waals surface area contributed by atoms with Crippen LogP contribution < -0.4 is 5.56 Å². The first-order chi connectivity index (χ1) is 8.24. The van der Waals surface area contributed by atoms with Gasteiger partial charge in [0.25, 0.3) is 5.56 Å². The molecular formula is C12H10ClN3O. The molecule has 0 unspecified atom stereocenters. The van der Waals surface area contributed by atoms with E-state index in [4.69, 9.17) is 11.6 Å². The van der Waals surface area contributed by atoms with Crippen LogP contribution in [0, 0.1) is 0 Å². The maximum absolute atomic E-state index is 11.6. The van der Waals surface area contributed by atoms with Crippen LogP contribution in [0.3, 0.4) is 0 Å². The lowest BCUT2D eigenvalue weighted by molar-refractivity contribution is 0.970. The Kier molecular flexibility index (Phi) is 2.44. The molecule has 17 heavy (non-hydrogen) atoms. The van der Waals surface area contributed by atoms with Gasteiger partial charge in [-0.3, -0.25) is 9.78 Å². The molecule has 2 aromatic heterocycles. The third-order valence-electron chi connectivity index (χ3n) is 2.74. The van der Waals surface area contributed by atoms with Crippen LogP contribution in [-0.2, 0) is 0 Å². The summed E-state index contributed by atoms with van der Waals surface area (Å²) in [5.74, 6) is 0.878. The third kappa shape index (κ3) is 2.08. The van der Waals surface area contributed by atoms with E-state index in [1.165, 1.54) is 0 Å². The summed E-state index contributed by atoms with van der Waals surface area (Å²) in [7, 11) is 0. The third-order valence-corrected chi connectivity index (χ3v) is 3.04. The molecule has 0 saturated heterocycles. The predicted octanol–water partition coefficient (Wildman–Crippen LogP) is 2.36. The molecule has 1 N–H and O–H groups in total. The van der Waals surface area contributed by atoms with Gasteiger partial charge in [0, 0.05) is 18.2 Å². The monoisotopic (exact) mass is 247 g/mol. The van der Waals surface area contributed by atoms with E-state index in [-0.39, 0.29) is 5.56 Å². The molecule has 0 radical (unpaired) electrons. The lowest BCUT2D eigenvalue weighted by Gasteiger charge is -2.04. The normalized spacial score (nSPS) is 14.9. The quantitative estimate of drug-likeness (QED) is 0.886. The van der Waals surface area contributed by atoms with Crippen LogP contribution in [0.1, 0.15) is 24.5 Å². The van der Waals surface area contributed by atoms with E-state index in [0.717, 1.165) is 18.5 Å². The van der Waals surface area contributed by atoms with Crippen molar-refractivity contribution in [1.29, 1.82) is 0 Å². The van der Waals surface area contributed by atoms with Gasteiger partial charge in [-0.2, -0.15) is 0 Å². The van der Waals surface area contributed by atoms with E-state index < -0.39 is 0 Å². The summed E-state index contributed by atoms with van der Waals surface area (Å²) in [5.41, 5.74) is 1.21. The van der Waals surface area contributed by atoms with Crippen molar-refractivity contribution in [3.8, 4) is 11.5 Å². The Balaban J connectivity index is 2.14. The van der Waals surface area contributed by atoms with Crippen LogP contribution >= 0.6 is 11.6 Å². The van der Waals surface area contributed by atoms with Crippen molar-refractivity contribution < 1.29 is 0 Å². The van der Waals surface area contributed by atoms with Crippen molar-refractivity contribution in [1.82, 2.24) is 15.0 Å². The molecule has 4 nitrogen and oxygen atoms in total. The summed E-state index contributed by atoms with van der Waals surface area (Å²) in [5, 5.41) is 0.489. The summed E-state index contributed by atoms with van der Waals surface area (Å²) in [4.78, 5) is 22.8. The second-order valence-corrected chi connectivity index (χ2v) is 4.53. The Morgan fingerprint density at radius 2 is 2.24 bits per heavy atom. The average molecular weight is 248 g/mol. The van der Waals surface area contributed by atoms with Crippen molar-refractivity contribution in [2.75, 3.05) is 0 Å². The van der Waals surface area contributed by atoms with Gasteiger partial charge in [-0.1, -0.05) is 11.6 Å². The summed E-state index contributed by atoms with van der Waals surface area (Å²) < 4.78 is 0. The minimum Gasteiger partial charge on any atom is -0.305 e. The minimum absolute atomic E-state index is 0.154. The summed E-state index contributed by atoms with van der Waals surface area (Å²) in [6.07, 6.45) is 3.84. The highest BCUT2D eigenvalue weighted by atomic mass is 35.5. The zero-order valence-electron chi connectivity index (χ0n) is 8.98. The molecule has 0 amide bonds. The van der Waals surface area contributed by atoms with Crippen molar-refractivity contribution in [3.63, 3.8) is 0 Å². The van der Waals surface area contributed by atoms with E-state index in [2.05, 4.69) is 15.0 Å². The number of nitrogens with zero attached hydrogens (tertiary/aromatic N) is 2. The summed E-state index contributed by atoms with van der Waals surface area (Å²) >= 11 is 6.03. The zero-order valence-corrected chi connectivity index (χ0v) is 9.74. The van der Waals surface area contributed by atoms with Crippen molar-refractivity contribution >= 4 is 11.6 Å². The number of H-pyrrole nitrogens is 1. The average Bonchev–Trinajstić information content (AvgIpc) is 3.12. The first kappa shape index (κ1) is 10.5. The summed E-state index contributed by atoms with van der Waals surface area (Å²) in [6, 6.07) is 5.03. The Morgan fingerprint density at radius 3 is 2.94 bits per heavy atom. The lowest BCUT2D eigenvalue weighted by atomic mass is 10.2. The molecule has 2 heterocycles. The Hall–Kier alpha value is -1.68. The number of rotatable bonds is 2. The van der Waals surface area contributed by atoms with E-state index >= 15 is 0 Å². The number of aromatic nitrogens is 3. The smallest absolute Gasteiger partial charge is 0.251 e. The summed E-state index contributed by atoms with van der Waals surface area (Å²) in [6.45, 7) is 0.